The summed E-state index contributed by atoms with van der Waals surface area (Å²) in [4.78, 5) is 17.3. The molecule has 0 bridgehead atoms. The van der Waals surface area contributed by atoms with Crippen molar-refractivity contribution in [3.05, 3.63) is 53.6 Å². The molecule has 0 aliphatic carbocycles. The van der Waals surface area contributed by atoms with E-state index in [1.807, 2.05) is 34.1 Å². The maximum absolute atomic E-state index is 12.7. The van der Waals surface area contributed by atoms with Crippen molar-refractivity contribution in [3.8, 4) is 0 Å². The van der Waals surface area contributed by atoms with Crippen LogP contribution in [0, 0.1) is 13.8 Å². The second-order valence-electron chi connectivity index (χ2n) is 5.54. The lowest BCUT2D eigenvalue weighted by Gasteiger charge is -2.19. The van der Waals surface area contributed by atoms with Gasteiger partial charge in [-0.1, -0.05) is 6.07 Å². The summed E-state index contributed by atoms with van der Waals surface area (Å²) in [5.41, 5.74) is 4.23. The lowest BCUT2D eigenvalue weighted by atomic mass is 10.1. The van der Waals surface area contributed by atoms with Crippen LogP contribution in [0.25, 0.3) is 0 Å². The van der Waals surface area contributed by atoms with E-state index in [0.29, 0.717) is 13.1 Å². The highest BCUT2D eigenvalue weighted by Gasteiger charge is 2.30. The van der Waals surface area contributed by atoms with Crippen molar-refractivity contribution >= 4 is 29.4 Å². The van der Waals surface area contributed by atoms with Crippen molar-refractivity contribution < 1.29 is 4.79 Å². The monoisotopic (exact) mass is 313 g/mol. The number of nitrogens with zero attached hydrogens (tertiary/aromatic N) is 2. The van der Waals surface area contributed by atoms with Gasteiger partial charge < -0.3 is 0 Å². The van der Waals surface area contributed by atoms with E-state index in [0.717, 1.165) is 16.3 Å². The minimum absolute atomic E-state index is 0.0261. The zero-order valence-corrected chi connectivity index (χ0v) is 13.6. The van der Waals surface area contributed by atoms with E-state index in [9.17, 15) is 4.79 Å². The number of amides is 2. The minimum atomic E-state index is 0.0261. The standard InChI is InChI=1S/C17H19N3OS/c1-12-9-13(2)11-15(10-12)20-8-7-19(17(20)21)14-3-5-16(22-18)6-4-14/h3-6,9-11H,7-8,18H2,1-2H3. The normalized spacial score (nSPS) is 14.8. The molecule has 3 rings (SSSR count). The molecule has 1 aliphatic rings. The van der Waals surface area contributed by atoms with Gasteiger partial charge in [0.25, 0.3) is 0 Å². The van der Waals surface area contributed by atoms with Crippen molar-refractivity contribution in [3.63, 3.8) is 0 Å². The van der Waals surface area contributed by atoms with Crippen LogP contribution < -0.4 is 14.9 Å². The molecule has 1 fully saturated rings. The highest BCUT2D eigenvalue weighted by molar-refractivity contribution is 7.97. The highest BCUT2D eigenvalue weighted by atomic mass is 32.2. The molecule has 22 heavy (non-hydrogen) atoms. The van der Waals surface area contributed by atoms with E-state index in [-0.39, 0.29) is 6.03 Å². The zero-order valence-electron chi connectivity index (χ0n) is 12.7. The molecule has 0 spiro atoms. The Morgan fingerprint density at radius 1 is 0.909 bits per heavy atom. The fourth-order valence-electron chi connectivity index (χ4n) is 2.83. The first kappa shape index (κ1) is 14.9. The summed E-state index contributed by atoms with van der Waals surface area (Å²) in [5.74, 6) is 0. The Kier molecular flexibility index (Phi) is 4.09. The van der Waals surface area contributed by atoms with Crippen molar-refractivity contribution in [2.24, 2.45) is 5.14 Å². The van der Waals surface area contributed by atoms with Gasteiger partial charge in [-0.05, 0) is 73.3 Å². The molecule has 2 aromatic carbocycles. The molecular weight excluding hydrogens is 294 g/mol. The molecule has 0 radical (unpaired) electrons. The number of urea groups is 1. The van der Waals surface area contributed by atoms with Crippen LogP contribution in [0.3, 0.4) is 0 Å². The first-order chi connectivity index (χ1) is 10.6. The Balaban J connectivity index is 1.84. The molecule has 2 amide bonds. The van der Waals surface area contributed by atoms with Gasteiger partial charge in [0.2, 0.25) is 0 Å². The molecule has 0 unspecified atom stereocenters. The summed E-state index contributed by atoms with van der Waals surface area (Å²) in [6.45, 7) is 5.51. The third-order valence-electron chi connectivity index (χ3n) is 3.81. The van der Waals surface area contributed by atoms with Gasteiger partial charge in [0.1, 0.15) is 0 Å². The number of hydrogen-bond donors (Lipinski definition) is 1. The minimum Gasteiger partial charge on any atom is -0.292 e. The van der Waals surface area contributed by atoms with Crippen LogP contribution in [0.1, 0.15) is 11.1 Å². The number of aryl methyl sites for hydroxylation is 2. The average molecular weight is 313 g/mol. The molecule has 1 heterocycles. The molecule has 5 heteroatoms. The lowest BCUT2D eigenvalue weighted by Crippen LogP contribution is -2.31. The molecule has 0 atom stereocenters. The Labute approximate surface area is 135 Å². The number of rotatable bonds is 3. The fraction of sp³-hybridized carbons (Fsp3) is 0.235. The smallest absolute Gasteiger partial charge is 0.292 e. The molecule has 0 aromatic heterocycles. The zero-order chi connectivity index (χ0) is 15.7. The molecule has 114 valence electrons. The summed E-state index contributed by atoms with van der Waals surface area (Å²) in [7, 11) is 0. The molecule has 2 N–H and O–H groups in total. The van der Waals surface area contributed by atoms with E-state index in [1.165, 1.54) is 23.1 Å². The van der Waals surface area contributed by atoms with Gasteiger partial charge >= 0.3 is 6.03 Å². The summed E-state index contributed by atoms with van der Waals surface area (Å²) in [6.07, 6.45) is 0. The first-order valence-electron chi connectivity index (χ1n) is 7.22. The highest BCUT2D eigenvalue weighted by Crippen LogP contribution is 2.27. The number of anilines is 2. The van der Waals surface area contributed by atoms with Crippen LogP contribution in [0.2, 0.25) is 0 Å². The van der Waals surface area contributed by atoms with E-state index in [2.05, 4.69) is 32.0 Å². The number of carbonyl (C=O) groups excluding carboxylic acids is 1. The molecule has 1 aliphatic heterocycles. The van der Waals surface area contributed by atoms with E-state index in [4.69, 9.17) is 5.14 Å². The summed E-state index contributed by atoms with van der Waals surface area (Å²) in [6, 6.07) is 14.0. The van der Waals surface area contributed by atoms with Crippen molar-refractivity contribution in [1.82, 2.24) is 0 Å². The number of hydrogen-bond acceptors (Lipinski definition) is 3. The average Bonchev–Trinajstić information content (AvgIpc) is 2.88. The quantitative estimate of drug-likeness (QED) is 0.879. The summed E-state index contributed by atoms with van der Waals surface area (Å²) in [5, 5.41) is 5.53. The predicted octanol–water partition coefficient (Wildman–Crippen LogP) is 3.72. The van der Waals surface area contributed by atoms with Gasteiger partial charge in [0, 0.05) is 29.4 Å². The van der Waals surface area contributed by atoms with Gasteiger partial charge in [-0.15, -0.1) is 0 Å². The second kappa shape index (κ2) is 6.02. The number of benzene rings is 2. The summed E-state index contributed by atoms with van der Waals surface area (Å²) >= 11 is 1.21. The topological polar surface area (TPSA) is 49.6 Å². The Morgan fingerprint density at radius 3 is 2.00 bits per heavy atom. The van der Waals surface area contributed by atoms with Gasteiger partial charge in [0.15, 0.2) is 0 Å². The van der Waals surface area contributed by atoms with Gasteiger partial charge in [-0.2, -0.15) is 0 Å². The summed E-state index contributed by atoms with van der Waals surface area (Å²) < 4.78 is 0. The third kappa shape index (κ3) is 2.82. The van der Waals surface area contributed by atoms with Gasteiger partial charge in [-0.25, -0.2) is 4.79 Å². The SMILES string of the molecule is Cc1cc(C)cc(N2CCN(c3ccc(SN)cc3)C2=O)c1. The van der Waals surface area contributed by atoms with E-state index >= 15 is 0 Å². The maximum atomic E-state index is 12.7. The number of carbonyl (C=O) groups is 1. The van der Waals surface area contributed by atoms with Crippen LogP contribution >= 0.6 is 11.9 Å². The predicted molar refractivity (Wildman–Crippen MR) is 92.5 cm³/mol. The van der Waals surface area contributed by atoms with Crippen LogP contribution in [-0.4, -0.2) is 19.1 Å². The van der Waals surface area contributed by atoms with Crippen LogP contribution in [0.15, 0.2) is 47.4 Å². The van der Waals surface area contributed by atoms with E-state index in [1.54, 1.807) is 0 Å². The van der Waals surface area contributed by atoms with Crippen molar-refractivity contribution in [2.45, 2.75) is 18.7 Å². The van der Waals surface area contributed by atoms with Crippen molar-refractivity contribution in [1.29, 1.82) is 0 Å². The molecule has 2 aromatic rings. The third-order valence-corrected chi connectivity index (χ3v) is 4.36. The molecule has 0 saturated carbocycles. The van der Waals surface area contributed by atoms with Gasteiger partial charge in [-0.3, -0.25) is 14.9 Å². The Hall–Kier alpha value is -1.98. The second-order valence-corrected chi connectivity index (χ2v) is 6.25. The molecule has 4 nitrogen and oxygen atoms in total. The van der Waals surface area contributed by atoms with Gasteiger partial charge in [0.05, 0.1) is 0 Å². The Morgan fingerprint density at radius 2 is 1.45 bits per heavy atom. The van der Waals surface area contributed by atoms with Crippen LogP contribution in [0.4, 0.5) is 16.2 Å². The first-order valence-corrected chi connectivity index (χ1v) is 8.10. The molecular formula is C17H19N3OS. The Bertz CT molecular complexity index is 679. The van der Waals surface area contributed by atoms with Crippen molar-refractivity contribution in [2.75, 3.05) is 22.9 Å². The van der Waals surface area contributed by atoms with Crippen LogP contribution in [0.5, 0.6) is 0 Å². The largest absolute Gasteiger partial charge is 0.329 e. The van der Waals surface area contributed by atoms with E-state index < -0.39 is 0 Å². The maximum Gasteiger partial charge on any atom is 0.329 e. The number of nitrogens with two attached hydrogens (primary N) is 1. The molecule has 1 saturated heterocycles. The van der Waals surface area contributed by atoms with Crippen LogP contribution in [-0.2, 0) is 0 Å². The lowest BCUT2D eigenvalue weighted by molar-refractivity contribution is 0.256. The fourth-order valence-corrected chi connectivity index (χ4v) is 3.12.